The average Bonchev–Trinajstić information content (AvgIpc) is 2.60. The monoisotopic (exact) mass is 554 g/mol. The van der Waals surface area contributed by atoms with Crippen LogP contribution in [0.4, 0.5) is 0 Å². The van der Waals surface area contributed by atoms with E-state index in [1.165, 1.54) is 31.8 Å². The van der Waals surface area contributed by atoms with Crippen molar-refractivity contribution in [2.24, 2.45) is 5.92 Å². The van der Waals surface area contributed by atoms with Crippen LogP contribution < -0.4 is 0 Å². The molecule has 1 aliphatic heterocycles. The van der Waals surface area contributed by atoms with Crippen LogP contribution in [0.15, 0.2) is 12.1 Å². The normalized spacial score (nSPS) is 28.5. The Bertz CT molecular complexity index is 485. The molecule has 4 heteroatoms. The number of hydrogen-bond acceptors (Lipinski definition) is 3. The first-order valence-corrected chi connectivity index (χ1v) is 9.23. The van der Waals surface area contributed by atoms with Crippen molar-refractivity contribution in [3.63, 3.8) is 0 Å². The summed E-state index contributed by atoms with van der Waals surface area (Å²) in [6.45, 7) is 0.161. The molecule has 1 heterocycles. The molecule has 1 N–H and O–H groups in total. The molecule has 0 aromatic heterocycles. The van der Waals surface area contributed by atoms with Crippen LogP contribution in [0.5, 0.6) is 0 Å². The third kappa shape index (κ3) is 9.46. The van der Waals surface area contributed by atoms with Gasteiger partial charge in [-0.15, -0.1) is 0 Å². The van der Waals surface area contributed by atoms with Crippen molar-refractivity contribution in [3.8, 4) is 0 Å². The molecule has 0 aliphatic carbocycles. The Kier molecular flexibility index (Phi) is 11.3. The van der Waals surface area contributed by atoms with Gasteiger partial charge in [0.25, 0.3) is 0 Å². The third-order valence-electron chi connectivity index (χ3n) is 4.99. The van der Waals surface area contributed by atoms with E-state index >= 15 is 0 Å². The number of likely N-dealkylation sites (N-methyl/N-ethyl adjacent to an activating group) is 1. The van der Waals surface area contributed by atoms with E-state index in [2.05, 4.69) is 0 Å². The van der Waals surface area contributed by atoms with E-state index in [4.69, 9.17) is 5.48 Å². The van der Waals surface area contributed by atoms with Gasteiger partial charge in [0.05, 0.1) is 13.5 Å². The molecule has 1 unspecified atom stereocenters. The van der Waals surface area contributed by atoms with Crippen molar-refractivity contribution in [1.82, 2.24) is 4.90 Å². The van der Waals surface area contributed by atoms with Crippen LogP contribution >= 0.6 is 0 Å². The topological polar surface area (TPSA) is 40.5 Å². The van der Waals surface area contributed by atoms with Crippen LogP contribution in [0.3, 0.4) is 0 Å². The summed E-state index contributed by atoms with van der Waals surface area (Å²) in [5.41, 5.74) is 0. The molecule has 1 fully saturated rings. The van der Waals surface area contributed by atoms with Crippen molar-refractivity contribution in [2.75, 3.05) is 13.6 Å². The van der Waals surface area contributed by atoms with Gasteiger partial charge in [0.2, 0.25) is 0 Å². The molecule has 3 nitrogen and oxygen atoms in total. The molecule has 0 amide bonds. The van der Waals surface area contributed by atoms with E-state index in [1.54, 1.807) is 0 Å². The molecule has 1 aliphatic rings. The molecule has 3 atom stereocenters. The number of carbonyl (C=O) groups excluding carboxylic acids is 1. The molecule has 1 radical (unpaired) electrons. The molecule has 24 heavy (non-hydrogen) atoms. The zero-order chi connectivity index (χ0) is 20.4. The van der Waals surface area contributed by atoms with Crippen LogP contribution in [0, 0.1) is 50.0 Å². The van der Waals surface area contributed by atoms with Gasteiger partial charge in [0.15, 0.2) is 5.78 Å². The molecule has 1 saturated heterocycles. The minimum Gasteiger partial charge on any atom is -0.391 e. The minimum atomic E-state index is -2.43. The Morgan fingerprint density at radius 2 is 1.83 bits per heavy atom. The van der Waals surface area contributed by atoms with E-state index in [9.17, 15) is 9.90 Å². The Morgan fingerprint density at radius 1 is 1.25 bits per heavy atom. The maximum atomic E-state index is 12.8. The minimum absolute atomic E-state index is 0. The summed E-state index contributed by atoms with van der Waals surface area (Å²) in [5.74, 6) is -0.221. The number of ketones is 1. The van der Waals surface area contributed by atoms with Gasteiger partial charge in [0.1, 0.15) is 0 Å². The summed E-state index contributed by atoms with van der Waals surface area (Å²) < 4.78 is 29.4. The zero-order valence-electron chi connectivity index (χ0n) is 19.5. The molecular formula is C20H37AcNO2. The molecule has 0 aromatic rings. The molecular weight excluding hydrogens is 513 g/mol. The van der Waals surface area contributed by atoms with E-state index in [0.29, 0.717) is 6.42 Å². The van der Waals surface area contributed by atoms with Gasteiger partial charge in [-0.2, -0.15) is 0 Å². The maximum Gasteiger partial charge on any atom is 0.152 e. The fourth-order valence-electron chi connectivity index (χ4n) is 3.40. The number of allylic oxidation sites excluding steroid dienone is 2. The molecule has 1 rings (SSSR count). The van der Waals surface area contributed by atoms with Crippen molar-refractivity contribution in [2.45, 2.75) is 90.1 Å². The summed E-state index contributed by atoms with van der Waals surface area (Å²) in [4.78, 5) is 14.8. The molecule has 0 bridgehead atoms. The maximum absolute atomic E-state index is 12.8. The molecule has 0 aromatic carbocycles. The second-order valence-corrected chi connectivity index (χ2v) is 7.02. The first kappa shape index (κ1) is 18.1. The van der Waals surface area contributed by atoms with Crippen molar-refractivity contribution in [1.29, 1.82) is 0 Å². The average molecular weight is 555 g/mol. The summed E-state index contributed by atoms with van der Waals surface area (Å²) in [6.07, 6.45) is 10.2. The van der Waals surface area contributed by atoms with Crippen molar-refractivity contribution in [3.05, 3.63) is 12.1 Å². The first-order chi connectivity index (χ1) is 12.6. The number of rotatable bonds is 4. The summed E-state index contributed by atoms with van der Waals surface area (Å²) in [5, 5.41) is 10.9. The molecule has 0 saturated carbocycles. The Labute approximate surface area is 190 Å². The first-order valence-electron chi connectivity index (χ1n) is 11.2. The Balaban J connectivity index is 0.00000729. The van der Waals surface area contributed by atoms with Crippen molar-refractivity contribution >= 4 is 5.78 Å². The quantitative estimate of drug-likeness (QED) is 0.526. The number of Topliss-reactive ketones (excluding diaryl/α,β-unsaturated/α-hetero) is 1. The number of hydrogen-bond donors (Lipinski definition) is 1. The van der Waals surface area contributed by atoms with E-state index in [-0.39, 0.29) is 62.2 Å². The largest absolute Gasteiger partial charge is 0.391 e. The second-order valence-electron chi connectivity index (χ2n) is 7.02. The predicted molar refractivity (Wildman–Crippen MR) is 97.6 cm³/mol. The number of nitrogens with zero attached hydrogens (tertiary/aromatic N) is 1. The van der Waals surface area contributed by atoms with Crippen LogP contribution in [0.25, 0.3) is 0 Å². The van der Waals surface area contributed by atoms with Crippen LogP contribution in [0.2, 0.25) is 0 Å². The van der Waals surface area contributed by atoms with Crippen molar-refractivity contribution < 1.29 is 59.4 Å². The standard InChI is InChI=1S/C20H37NO2.Ac/c1-4-5-14-17(2)20(23)19-18(22)15-12-10-8-6-7-9-11-13-16-21(19)3;/h4-5,17,19-20,23H,6-16H2,1-3H3;/b5-4+;/t17-,19-,20?;/m1./s1/i1D3,4D;. The van der Waals surface area contributed by atoms with E-state index in [0.717, 1.165) is 32.2 Å². The Morgan fingerprint density at radius 3 is 2.46 bits per heavy atom. The van der Waals surface area contributed by atoms with Crippen LogP contribution in [0.1, 0.15) is 83.5 Å². The third-order valence-corrected chi connectivity index (χ3v) is 4.99. The smallest absolute Gasteiger partial charge is 0.152 e. The van der Waals surface area contributed by atoms with Gasteiger partial charge >= 0.3 is 0 Å². The predicted octanol–water partition coefficient (Wildman–Crippen LogP) is 4.34. The summed E-state index contributed by atoms with van der Waals surface area (Å²) in [6, 6.07) is -0.965. The van der Waals surface area contributed by atoms with Gasteiger partial charge in [-0.05, 0) is 45.6 Å². The van der Waals surface area contributed by atoms with Gasteiger partial charge in [-0.3, -0.25) is 9.69 Å². The zero-order valence-corrected chi connectivity index (χ0v) is 20.2. The molecule has 0 spiro atoms. The number of carbonyl (C=O) groups is 1. The van der Waals surface area contributed by atoms with Crippen LogP contribution in [-0.2, 0) is 4.79 Å². The summed E-state index contributed by atoms with van der Waals surface area (Å²) in [7, 11) is 1.90. The fraction of sp³-hybridized carbons (Fsp3) is 0.850. The fourth-order valence-corrected chi connectivity index (χ4v) is 3.40. The molecule has 137 valence electrons. The van der Waals surface area contributed by atoms with Gasteiger partial charge in [-0.25, -0.2) is 0 Å². The summed E-state index contributed by atoms with van der Waals surface area (Å²) >= 11 is 0. The van der Waals surface area contributed by atoms with Gasteiger partial charge in [-0.1, -0.05) is 57.6 Å². The second kappa shape index (κ2) is 14.9. The van der Waals surface area contributed by atoms with E-state index in [1.807, 2.05) is 18.9 Å². The SMILES string of the molecule is [2H]/C(=C\C[C@@H](C)C(O)[C@H]1C(=O)CCCCCCCCCCN1C)C([2H])([2H])[2H].[Ac]. The number of aliphatic hydroxyl groups excluding tert-OH is 1. The van der Waals surface area contributed by atoms with Crippen LogP contribution in [-0.4, -0.2) is 41.5 Å². The van der Waals surface area contributed by atoms with Gasteiger partial charge in [0, 0.05) is 54.6 Å². The van der Waals surface area contributed by atoms with E-state index < -0.39 is 25.0 Å². The number of aliphatic hydroxyl groups is 1. The Hall–Kier alpha value is 0.772. The van der Waals surface area contributed by atoms with Gasteiger partial charge < -0.3 is 5.11 Å².